The number of hydrogen-bond acceptors (Lipinski definition) is 5. The van der Waals surface area contributed by atoms with Crippen LogP contribution in [0.1, 0.15) is 0 Å². The number of nitrogens with two attached hydrogens (primary N) is 1. The van der Waals surface area contributed by atoms with Crippen LogP contribution in [0.5, 0.6) is 0 Å². The van der Waals surface area contributed by atoms with E-state index in [1.165, 1.54) is 11.3 Å². The maximum Gasteiger partial charge on any atom is 0.149 e. The van der Waals surface area contributed by atoms with Gasteiger partial charge in [0.2, 0.25) is 0 Å². The maximum absolute atomic E-state index is 5.44. The highest BCUT2D eigenvalue weighted by atomic mass is 32.1. The molecule has 5 heteroatoms. The van der Waals surface area contributed by atoms with Crippen molar-refractivity contribution in [2.45, 2.75) is 0 Å². The van der Waals surface area contributed by atoms with Crippen molar-refractivity contribution in [2.24, 2.45) is 0 Å². The third-order valence-electron chi connectivity index (χ3n) is 1.39. The van der Waals surface area contributed by atoms with Crippen LogP contribution in [0.2, 0.25) is 0 Å². The highest BCUT2D eigenvalue weighted by molar-refractivity contribution is 7.12. The summed E-state index contributed by atoms with van der Waals surface area (Å²) in [5, 5.41) is 8.50. The minimum Gasteiger partial charge on any atom is -0.384 e. The van der Waals surface area contributed by atoms with Crippen LogP contribution >= 0.6 is 11.3 Å². The minimum atomic E-state index is 0.517. The fourth-order valence-electron chi connectivity index (χ4n) is 0.831. The Bertz CT molecular complexity index is 353. The lowest BCUT2D eigenvalue weighted by Crippen LogP contribution is -1.88. The predicted octanol–water partition coefficient (Wildman–Crippen LogP) is 1.18. The van der Waals surface area contributed by atoms with Gasteiger partial charge in [0.15, 0.2) is 0 Å². The lowest BCUT2D eigenvalue weighted by atomic mass is 10.3. The van der Waals surface area contributed by atoms with Gasteiger partial charge < -0.3 is 5.73 Å². The zero-order chi connectivity index (χ0) is 8.39. The van der Waals surface area contributed by atoms with E-state index in [1.54, 1.807) is 17.8 Å². The van der Waals surface area contributed by atoms with Crippen molar-refractivity contribution in [3.63, 3.8) is 0 Å². The SMILES string of the molecule is Nc1ccc(-c2nncs2)cn1. The average Bonchev–Trinajstić information content (AvgIpc) is 2.58. The topological polar surface area (TPSA) is 64.7 Å². The molecule has 0 amide bonds. The molecule has 60 valence electrons. The third-order valence-corrected chi connectivity index (χ3v) is 2.13. The molecule has 12 heavy (non-hydrogen) atoms. The van der Waals surface area contributed by atoms with Crippen molar-refractivity contribution in [2.75, 3.05) is 5.73 Å². The first-order valence-corrected chi connectivity index (χ1v) is 4.22. The molecule has 0 radical (unpaired) electrons. The van der Waals surface area contributed by atoms with Crippen molar-refractivity contribution in [1.82, 2.24) is 15.2 Å². The number of hydrogen-bond donors (Lipinski definition) is 1. The Morgan fingerprint density at radius 2 is 2.25 bits per heavy atom. The summed E-state index contributed by atoms with van der Waals surface area (Å²) in [7, 11) is 0. The van der Waals surface area contributed by atoms with Crippen molar-refractivity contribution in [1.29, 1.82) is 0 Å². The largest absolute Gasteiger partial charge is 0.384 e. The molecule has 0 bridgehead atoms. The average molecular weight is 178 g/mol. The Morgan fingerprint density at radius 3 is 2.83 bits per heavy atom. The van der Waals surface area contributed by atoms with Crippen molar-refractivity contribution in [3.05, 3.63) is 23.8 Å². The summed E-state index contributed by atoms with van der Waals surface area (Å²) in [4.78, 5) is 3.95. The van der Waals surface area contributed by atoms with Gasteiger partial charge in [0.05, 0.1) is 0 Å². The Labute approximate surface area is 73.1 Å². The van der Waals surface area contributed by atoms with Crippen LogP contribution < -0.4 is 5.73 Å². The molecular formula is C7H6N4S. The third kappa shape index (κ3) is 1.26. The smallest absolute Gasteiger partial charge is 0.149 e. The first-order valence-electron chi connectivity index (χ1n) is 3.34. The van der Waals surface area contributed by atoms with E-state index in [-0.39, 0.29) is 0 Å². The molecule has 0 unspecified atom stereocenters. The fourth-order valence-corrected chi connectivity index (χ4v) is 1.38. The molecule has 0 saturated carbocycles. The van der Waals surface area contributed by atoms with Crippen LogP contribution in [0, 0.1) is 0 Å². The van der Waals surface area contributed by atoms with E-state index in [0.717, 1.165) is 10.6 Å². The summed E-state index contributed by atoms with van der Waals surface area (Å²) in [6.45, 7) is 0. The van der Waals surface area contributed by atoms with Crippen LogP contribution in [0.4, 0.5) is 5.82 Å². The van der Waals surface area contributed by atoms with E-state index in [9.17, 15) is 0 Å². The number of rotatable bonds is 1. The van der Waals surface area contributed by atoms with Gasteiger partial charge in [0.25, 0.3) is 0 Å². The van der Waals surface area contributed by atoms with E-state index in [0.29, 0.717) is 5.82 Å². The van der Waals surface area contributed by atoms with E-state index < -0.39 is 0 Å². The maximum atomic E-state index is 5.44. The van der Waals surface area contributed by atoms with Gasteiger partial charge in [-0.15, -0.1) is 10.2 Å². The van der Waals surface area contributed by atoms with Gasteiger partial charge in [-0.2, -0.15) is 0 Å². The molecule has 2 rings (SSSR count). The molecular weight excluding hydrogens is 172 g/mol. The zero-order valence-electron chi connectivity index (χ0n) is 6.14. The number of aromatic nitrogens is 3. The van der Waals surface area contributed by atoms with Gasteiger partial charge in [-0.05, 0) is 12.1 Å². The molecule has 0 fully saturated rings. The number of nitrogen functional groups attached to an aromatic ring is 1. The molecule has 0 atom stereocenters. The van der Waals surface area contributed by atoms with Gasteiger partial charge >= 0.3 is 0 Å². The summed E-state index contributed by atoms with van der Waals surface area (Å²) in [5.41, 5.74) is 8.07. The molecule has 4 nitrogen and oxygen atoms in total. The molecule has 2 aromatic rings. The molecule has 0 aliphatic rings. The first-order chi connectivity index (χ1) is 5.86. The van der Waals surface area contributed by atoms with Crippen LogP contribution in [0.15, 0.2) is 23.8 Å². The van der Waals surface area contributed by atoms with Crippen LogP contribution in [-0.4, -0.2) is 15.2 Å². The lowest BCUT2D eigenvalue weighted by molar-refractivity contribution is 1.09. The summed E-state index contributed by atoms with van der Waals surface area (Å²) < 4.78 is 0. The number of nitrogens with zero attached hydrogens (tertiary/aromatic N) is 3. The van der Waals surface area contributed by atoms with E-state index in [1.807, 2.05) is 6.07 Å². The molecule has 0 spiro atoms. The van der Waals surface area contributed by atoms with Crippen molar-refractivity contribution >= 4 is 17.2 Å². The second-order valence-corrected chi connectivity index (χ2v) is 3.05. The van der Waals surface area contributed by atoms with Gasteiger partial charge in [0.1, 0.15) is 16.3 Å². The predicted molar refractivity (Wildman–Crippen MR) is 47.6 cm³/mol. The van der Waals surface area contributed by atoms with Gasteiger partial charge in [-0.25, -0.2) is 4.98 Å². The summed E-state index contributed by atoms with van der Waals surface area (Å²) in [6.07, 6.45) is 1.69. The highest BCUT2D eigenvalue weighted by Gasteiger charge is 1.99. The Morgan fingerprint density at radius 1 is 1.33 bits per heavy atom. The first kappa shape index (κ1) is 7.17. The normalized spacial score (nSPS) is 10.0. The van der Waals surface area contributed by atoms with Gasteiger partial charge in [-0.3, -0.25) is 0 Å². The zero-order valence-corrected chi connectivity index (χ0v) is 6.95. The molecule has 0 aromatic carbocycles. The molecule has 2 heterocycles. The molecule has 2 N–H and O–H groups in total. The lowest BCUT2D eigenvalue weighted by Gasteiger charge is -1.93. The van der Waals surface area contributed by atoms with E-state index in [2.05, 4.69) is 15.2 Å². The van der Waals surface area contributed by atoms with E-state index in [4.69, 9.17) is 5.73 Å². The highest BCUT2D eigenvalue weighted by Crippen LogP contribution is 2.19. The second-order valence-electron chi connectivity index (χ2n) is 2.22. The Hall–Kier alpha value is -1.49. The van der Waals surface area contributed by atoms with Crippen LogP contribution in [0.3, 0.4) is 0 Å². The summed E-state index contributed by atoms with van der Waals surface area (Å²) in [6, 6.07) is 3.62. The molecule has 0 saturated heterocycles. The second kappa shape index (κ2) is 2.86. The molecule has 0 aliphatic carbocycles. The van der Waals surface area contributed by atoms with Crippen molar-refractivity contribution in [3.8, 4) is 10.6 Å². The van der Waals surface area contributed by atoms with Gasteiger partial charge in [0, 0.05) is 11.8 Å². The van der Waals surface area contributed by atoms with Crippen LogP contribution in [0.25, 0.3) is 10.6 Å². The van der Waals surface area contributed by atoms with Gasteiger partial charge in [-0.1, -0.05) is 11.3 Å². The number of anilines is 1. The monoisotopic (exact) mass is 178 g/mol. The minimum absolute atomic E-state index is 0.517. The van der Waals surface area contributed by atoms with Crippen molar-refractivity contribution < 1.29 is 0 Å². The summed E-state index contributed by atoms with van der Waals surface area (Å²) >= 11 is 1.48. The fraction of sp³-hybridized carbons (Fsp3) is 0. The van der Waals surface area contributed by atoms with Crippen LogP contribution in [-0.2, 0) is 0 Å². The Kier molecular flexibility index (Phi) is 1.71. The summed E-state index contributed by atoms with van der Waals surface area (Å²) in [5.74, 6) is 0.517. The quantitative estimate of drug-likeness (QED) is 0.712. The standard InChI is InChI=1S/C7H6N4S/c8-6-2-1-5(3-9-6)7-11-10-4-12-7/h1-4H,(H2,8,9). The number of pyridine rings is 1. The molecule has 2 aromatic heterocycles. The van der Waals surface area contributed by atoms with E-state index >= 15 is 0 Å². The Balaban J connectivity index is 2.43. The molecule has 0 aliphatic heterocycles.